The van der Waals surface area contributed by atoms with Crippen LogP contribution in [-0.2, 0) is 11.2 Å². The van der Waals surface area contributed by atoms with Gasteiger partial charge in [0.05, 0.1) is 6.42 Å². The zero-order chi connectivity index (χ0) is 20.3. The van der Waals surface area contributed by atoms with Crippen LogP contribution in [0.2, 0.25) is 5.02 Å². The number of hydrogen-bond acceptors (Lipinski definition) is 4. The zero-order valence-corrected chi connectivity index (χ0v) is 16.7. The summed E-state index contributed by atoms with van der Waals surface area (Å²) in [6, 6.07) is 12.6. The van der Waals surface area contributed by atoms with E-state index in [0.717, 1.165) is 24.0 Å². The molecule has 6 heteroatoms. The molecule has 150 valence electrons. The summed E-state index contributed by atoms with van der Waals surface area (Å²) in [4.78, 5) is 12.5. The van der Waals surface area contributed by atoms with E-state index in [9.17, 15) is 9.90 Å². The van der Waals surface area contributed by atoms with Crippen molar-refractivity contribution in [3.05, 3.63) is 58.6 Å². The van der Waals surface area contributed by atoms with Crippen LogP contribution < -0.4 is 14.8 Å². The molecule has 0 unspecified atom stereocenters. The lowest BCUT2D eigenvalue weighted by atomic mass is 9.82. The molecule has 2 atom stereocenters. The molecule has 0 spiro atoms. The molecule has 2 aromatic rings. The summed E-state index contributed by atoms with van der Waals surface area (Å²) in [5, 5.41) is 14.5. The number of carbonyl (C=O) groups is 1. The first-order valence-corrected chi connectivity index (χ1v) is 10.1. The van der Waals surface area contributed by atoms with Gasteiger partial charge in [-0.1, -0.05) is 35.6 Å². The van der Waals surface area contributed by atoms with Gasteiger partial charge in [-0.05, 0) is 55.2 Å². The lowest BCUT2D eigenvalue weighted by Gasteiger charge is -2.33. The van der Waals surface area contributed by atoms with E-state index < -0.39 is 5.60 Å². The molecule has 1 fully saturated rings. The fraction of sp³-hybridized carbons (Fsp3) is 0.348. The van der Waals surface area contributed by atoms with Gasteiger partial charge < -0.3 is 19.9 Å². The second-order valence-electron chi connectivity index (χ2n) is 7.52. The van der Waals surface area contributed by atoms with Gasteiger partial charge in [0.2, 0.25) is 12.7 Å². The van der Waals surface area contributed by atoms with Crippen LogP contribution in [0.5, 0.6) is 11.5 Å². The molecule has 0 saturated heterocycles. The van der Waals surface area contributed by atoms with E-state index in [4.69, 9.17) is 21.1 Å². The van der Waals surface area contributed by atoms with Gasteiger partial charge in [-0.3, -0.25) is 4.79 Å². The average molecular weight is 412 g/mol. The number of carbonyl (C=O) groups excluding carboxylic acids is 1. The van der Waals surface area contributed by atoms with Crippen LogP contribution in [0.15, 0.2) is 42.5 Å². The Morgan fingerprint density at radius 1 is 1.24 bits per heavy atom. The summed E-state index contributed by atoms with van der Waals surface area (Å²) in [6.07, 6.45) is 2.88. The van der Waals surface area contributed by atoms with Gasteiger partial charge in [0.25, 0.3) is 0 Å². The second-order valence-corrected chi connectivity index (χ2v) is 7.95. The van der Waals surface area contributed by atoms with E-state index >= 15 is 0 Å². The molecule has 0 radical (unpaired) electrons. The Morgan fingerprint density at radius 2 is 2.10 bits per heavy atom. The highest BCUT2D eigenvalue weighted by molar-refractivity contribution is 6.30. The molecule has 1 heterocycles. The molecule has 2 N–H and O–H groups in total. The Morgan fingerprint density at radius 3 is 2.97 bits per heavy atom. The second kappa shape index (κ2) is 8.36. The molecule has 4 rings (SSSR count). The van der Waals surface area contributed by atoms with Crippen molar-refractivity contribution in [1.82, 2.24) is 5.32 Å². The molecule has 1 saturated carbocycles. The van der Waals surface area contributed by atoms with Crippen LogP contribution in [-0.4, -0.2) is 29.4 Å². The molecule has 2 aromatic carbocycles. The first-order chi connectivity index (χ1) is 14.0. The molecule has 1 aliphatic carbocycles. The van der Waals surface area contributed by atoms with Crippen LogP contribution in [0.4, 0.5) is 0 Å². The molecule has 2 aliphatic rings. The lowest BCUT2D eigenvalue weighted by molar-refractivity contribution is -0.121. The summed E-state index contributed by atoms with van der Waals surface area (Å²) >= 11 is 5.99. The molecular formula is C23H22ClNO4. The van der Waals surface area contributed by atoms with Crippen molar-refractivity contribution in [2.24, 2.45) is 0 Å². The van der Waals surface area contributed by atoms with Gasteiger partial charge in [-0.2, -0.15) is 0 Å². The summed E-state index contributed by atoms with van der Waals surface area (Å²) in [5.41, 5.74) is 0.510. The van der Waals surface area contributed by atoms with Crippen molar-refractivity contribution in [3.8, 4) is 23.3 Å². The van der Waals surface area contributed by atoms with E-state index in [1.807, 2.05) is 30.3 Å². The minimum absolute atomic E-state index is 0.0825. The highest BCUT2D eigenvalue weighted by Gasteiger charge is 2.33. The number of aliphatic hydroxyl groups is 1. The largest absolute Gasteiger partial charge is 0.454 e. The Balaban J connectivity index is 1.36. The summed E-state index contributed by atoms with van der Waals surface area (Å²) in [5.74, 6) is 7.28. The zero-order valence-electron chi connectivity index (χ0n) is 15.9. The number of amides is 1. The van der Waals surface area contributed by atoms with Gasteiger partial charge in [0.1, 0.15) is 5.60 Å². The van der Waals surface area contributed by atoms with Crippen LogP contribution >= 0.6 is 11.6 Å². The third-order valence-electron chi connectivity index (χ3n) is 5.16. The monoisotopic (exact) mass is 411 g/mol. The molecule has 1 amide bonds. The Kier molecular flexibility index (Phi) is 5.66. The number of benzene rings is 2. The molecule has 5 nitrogen and oxygen atoms in total. The topological polar surface area (TPSA) is 67.8 Å². The van der Waals surface area contributed by atoms with Gasteiger partial charge in [-0.25, -0.2) is 0 Å². The molecule has 0 aromatic heterocycles. The highest BCUT2D eigenvalue weighted by atomic mass is 35.5. The summed E-state index contributed by atoms with van der Waals surface area (Å²) in [6.45, 7) is 0.210. The predicted octanol–water partition coefficient (Wildman–Crippen LogP) is 3.45. The number of nitrogens with one attached hydrogen (secondary N) is 1. The van der Waals surface area contributed by atoms with Crippen LogP contribution in [0.25, 0.3) is 0 Å². The first kappa shape index (κ1) is 19.6. The maximum absolute atomic E-state index is 12.5. The van der Waals surface area contributed by atoms with Crippen molar-refractivity contribution in [1.29, 1.82) is 0 Å². The number of fused-ring (bicyclic) bond motifs is 1. The van der Waals surface area contributed by atoms with E-state index in [1.54, 1.807) is 12.1 Å². The van der Waals surface area contributed by atoms with E-state index in [1.165, 1.54) is 0 Å². The van der Waals surface area contributed by atoms with Crippen LogP contribution in [0.3, 0.4) is 0 Å². The normalized spacial score (nSPS) is 22.5. The summed E-state index contributed by atoms with van der Waals surface area (Å²) < 4.78 is 10.7. The Labute approximate surface area is 175 Å². The standard InChI is InChI=1S/C23H22ClNO4/c24-18-4-1-3-16(11-18)8-10-23(27)9-2-5-19(14-23)25-22(26)13-17-6-7-20-21(12-17)29-15-28-20/h1,3-4,6-7,11-12,19,27H,2,5,9,13-15H2,(H,25,26)/t19-,23+/m0/s1. The lowest BCUT2D eigenvalue weighted by Crippen LogP contribution is -2.45. The molecular weight excluding hydrogens is 390 g/mol. The van der Waals surface area contributed by atoms with E-state index in [2.05, 4.69) is 17.2 Å². The van der Waals surface area contributed by atoms with Crippen molar-refractivity contribution in [2.45, 2.75) is 43.7 Å². The Hall–Kier alpha value is -2.68. The van der Waals surface area contributed by atoms with Crippen LogP contribution in [0, 0.1) is 11.8 Å². The van der Waals surface area contributed by atoms with Crippen molar-refractivity contribution in [3.63, 3.8) is 0 Å². The average Bonchev–Trinajstić information content (AvgIpc) is 3.14. The molecule has 29 heavy (non-hydrogen) atoms. The fourth-order valence-electron chi connectivity index (χ4n) is 3.76. The van der Waals surface area contributed by atoms with Gasteiger partial charge >= 0.3 is 0 Å². The minimum Gasteiger partial charge on any atom is -0.454 e. The third-order valence-corrected chi connectivity index (χ3v) is 5.39. The van der Waals surface area contributed by atoms with Gasteiger partial charge in [0, 0.05) is 23.0 Å². The number of rotatable bonds is 3. The minimum atomic E-state index is -1.11. The maximum Gasteiger partial charge on any atom is 0.231 e. The van der Waals surface area contributed by atoms with Crippen LogP contribution in [0.1, 0.15) is 36.8 Å². The van der Waals surface area contributed by atoms with Gasteiger partial charge in [0.15, 0.2) is 11.5 Å². The van der Waals surface area contributed by atoms with Crippen molar-refractivity contribution in [2.75, 3.05) is 6.79 Å². The van der Waals surface area contributed by atoms with E-state index in [-0.39, 0.29) is 25.2 Å². The number of ether oxygens (including phenoxy) is 2. The Bertz CT molecular complexity index is 980. The third kappa shape index (κ3) is 5.03. The molecule has 0 bridgehead atoms. The highest BCUT2D eigenvalue weighted by Crippen LogP contribution is 2.33. The smallest absolute Gasteiger partial charge is 0.231 e. The first-order valence-electron chi connectivity index (χ1n) is 9.68. The van der Waals surface area contributed by atoms with Crippen molar-refractivity contribution < 1.29 is 19.4 Å². The SMILES string of the molecule is O=C(Cc1ccc2c(c1)OCO2)N[C@H]1CCC[C@@](O)(C#Cc2cccc(Cl)c2)C1. The quantitative estimate of drug-likeness (QED) is 0.759. The maximum atomic E-state index is 12.5. The summed E-state index contributed by atoms with van der Waals surface area (Å²) in [7, 11) is 0. The van der Waals surface area contributed by atoms with Crippen molar-refractivity contribution >= 4 is 17.5 Å². The predicted molar refractivity (Wildman–Crippen MR) is 110 cm³/mol. The molecule has 1 aliphatic heterocycles. The fourth-order valence-corrected chi connectivity index (χ4v) is 3.95. The number of halogens is 1. The number of hydrogen-bond donors (Lipinski definition) is 2. The van der Waals surface area contributed by atoms with Gasteiger partial charge in [-0.15, -0.1) is 0 Å². The van der Waals surface area contributed by atoms with E-state index in [0.29, 0.717) is 29.4 Å².